The van der Waals surface area contributed by atoms with Crippen LogP contribution in [-0.4, -0.2) is 35.6 Å². The summed E-state index contributed by atoms with van der Waals surface area (Å²) in [5.41, 5.74) is 0. The molecule has 1 N–H and O–H groups in total. The van der Waals surface area contributed by atoms with E-state index >= 15 is 0 Å². The molecule has 0 aliphatic carbocycles. The van der Waals surface area contributed by atoms with Gasteiger partial charge in [0.15, 0.2) is 0 Å². The number of nitrogens with one attached hydrogen (secondary N) is 1. The first kappa shape index (κ1) is 15.5. The highest BCUT2D eigenvalue weighted by Crippen LogP contribution is 2.20. The molecule has 114 valence electrons. The Hall–Kier alpha value is -0.870. The Bertz CT molecular complexity index is 389. The fourth-order valence-corrected chi connectivity index (χ4v) is 3.03. The molecule has 1 saturated heterocycles. The Kier molecular flexibility index (Phi) is 6.05. The number of nitrogens with zero attached hydrogens (tertiary/aromatic N) is 2. The second-order valence-corrected chi connectivity index (χ2v) is 5.95. The number of oxazole rings is 1. The summed E-state index contributed by atoms with van der Waals surface area (Å²) in [7, 11) is 0. The maximum Gasteiger partial charge on any atom is 0.208 e. The molecule has 2 heterocycles. The maximum atomic E-state index is 5.65. The molecule has 0 aromatic carbocycles. The van der Waals surface area contributed by atoms with E-state index in [-0.39, 0.29) is 0 Å². The maximum absolute atomic E-state index is 5.65. The molecule has 2 atom stereocenters. The van der Waals surface area contributed by atoms with E-state index in [0.29, 0.717) is 6.04 Å². The Labute approximate surface area is 122 Å². The second-order valence-electron chi connectivity index (χ2n) is 5.95. The number of rotatable bonds is 7. The van der Waals surface area contributed by atoms with Crippen LogP contribution >= 0.6 is 0 Å². The molecule has 0 bridgehead atoms. The van der Waals surface area contributed by atoms with Gasteiger partial charge in [-0.3, -0.25) is 0 Å². The summed E-state index contributed by atoms with van der Waals surface area (Å²) < 4.78 is 5.65. The molecule has 4 heteroatoms. The van der Waals surface area contributed by atoms with Crippen LogP contribution in [0.15, 0.2) is 10.6 Å². The quantitative estimate of drug-likeness (QED) is 0.833. The van der Waals surface area contributed by atoms with Gasteiger partial charge in [0.2, 0.25) is 5.89 Å². The molecular formula is C16H29N3O. The van der Waals surface area contributed by atoms with Crippen molar-refractivity contribution < 1.29 is 4.42 Å². The minimum absolute atomic E-state index is 0.520. The first-order valence-electron chi connectivity index (χ1n) is 8.12. The normalized spacial score (nSPS) is 22.1. The summed E-state index contributed by atoms with van der Waals surface area (Å²) in [5, 5.41) is 3.59. The molecule has 1 fully saturated rings. The highest BCUT2D eigenvalue weighted by molar-refractivity contribution is 4.93. The molecule has 1 aromatic heterocycles. The van der Waals surface area contributed by atoms with Gasteiger partial charge in [-0.25, -0.2) is 4.98 Å². The van der Waals surface area contributed by atoms with Crippen LogP contribution in [0.4, 0.5) is 0 Å². The molecule has 0 saturated carbocycles. The van der Waals surface area contributed by atoms with E-state index in [2.05, 4.69) is 36.0 Å². The zero-order chi connectivity index (χ0) is 14.4. The number of hydrogen-bond donors (Lipinski definition) is 1. The summed E-state index contributed by atoms with van der Waals surface area (Å²) in [6.07, 6.45) is 6.67. The van der Waals surface area contributed by atoms with Gasteiger partial charge in [-0.15, -0.1) is 0 Å². The first-order valence-corrected chi connectivity index (χ1v) is 8.12. The highest BCUT2D eigenvalue weighted by Gasteiger charge is 2.24. The van der Waals surface area contributed by atoms with Crippen molar-refractivity contribution in [3.05, 3.63) is 17.8 Å². The van der Waals surface area contributed by atoms with E-state index in [0.717, 1.165) is 30.5 Å². The molecule has 20 heavy (non-hydrogen) atoms. The third kappa shape index (κ3) is 4.32. The lowest BCUT2D eigenvalue weighted by Gasteiger charge is -2.35. The smallest absolute Gasteiger partial charge is 0.208 e. The van der Waals surface area contributed by atoms with E-state index in [1.807, 2.05) is 6.20 Å². The topological polar surface area (TPSA) is 41.3 Å². The lowest BCUT2D eigenvalue weighted by molar-refractivity contribution is 0.149. The Morgan fingerprint density at radius 2 is 2.35 bits per heavy atom. The first-order chi connectivity index (χ1) is 9.72. The minimum atomic E-state index is 0.520. The van der Waals surface area contributed by atoms with Gasteiger partial charge < -0.3 is 14.6 Å². The Balaban J connectivity index is 1.77. The molecule has 0 spiro atoms. The summed E-state index contributed by atoms with van der Waals surface area (Å²) >= 11 is 0. The molecule has 4 nitrogen and oxygen atoms in total. The van der Waals surface area contributed by atoms with Gasteiger partial charge in [-0.2, -0.15) is 0 Å². The van der Waals surface area contributed by atoms with Crippen molar-refractivity contribution in [1.29, 1.82) is 0 Å². The van der Waals surface area contributed by atoms with Crippen LogP contribution in [0.2, 0.25) is 0 Å². The van der Waals surface area contributed by atoms with Crippen LogP contribution in [0, 0.1) is 5.92 Å². The number of likely N-dealkylation sites (tertiary alicyclic amines) is 1. The van der Waals surface area contributed by atoms with Gasteiger partial charge in [-0.1, -0.05) is 13.8 Å². The highest BCUT2D eigenvalue weighted by atomic mass is 16.4. The third-order valence-electron chi connectivity index (χ3n) is 4.31. The van der Waals surface area contributed by atoms with Crippen molar-refractivity contribution in [2.75, 3.05) is 19.6 Å². The average molecular weight is 279 g/mol. The monoisotopic (exact) mass is 279 g/mol. The van der Waals surface area contributed by atoms with Crippen LogP contribution in [-0.2, 0) is 13.0 Å². The zero-order valence-electron chi connectivity index (χ0n) is 13.2. The van der Waals surface area contributed by atoms with E-state index in [1.165, 1.54) is 38.9 Å². The number of aromatic nitrogens is 1. The van der Waals surface area contributed by atoms with E-state index < -0.39 is 0 Å². The van der Waals surface area contributed by atoms with Crippen molar-refractivity contribution in [1.82, 2.24) is 15.2 Å². The van der Waals surface area contributed by atoms with Crippen molar-refractivity contribution in [3.63, 3.8) is 0 Å². The Morgan fingerprint density at radius 3 is 3.05 bits per heavy atom. The van der Waals surface area contributed by atoms with Crippen molar-refractivity contribution >= 4 is 0 Å². The summed E-state index contributed by atoms with van der Waals surface area (Å²) in [4.78, 5) is 6.91. The van der Waals surface area contributed by atoms with E-state index in [4.69, 9.17) is 4.42 Å². The predicted molar refractivity (Wildman–Crippen MR) is 81.6 cm³/mol. The summed E-state index contributed by atoms with van der Waals surface area (Å²) in [5.74, 6) is 2.53. The number of aryl methyl sites for hydroxylation is 1. The largest absolute Gasteiger partial charge is 0.444 e. The van der Waals surface area contributed by atoms with Crippen LogP contribution in [0.1, 0.15) is 51.7 Å². The molecule has 1 aliphatic rings. The van der Waals surface area contributed by atoms with E-state index in [1.54, 1.807) is 0 Å². The molecular weight excluding hydrogens is 250 g/mol. The summed E-state index contributed by atoms with van der Waals surface area (Å²) in [6, 6.07) is 0.520. The van der Waals surface area contributed by atoms with Crippen molar-refractivity contribution in [2.45, 2.75) is 59.0 Å². The van der Waals surface area contributed by atoms with Crippen LogP contribution in [0.5, 0.6) is 0 Å². The summed E-state index contributed by atoms with van der Waals surface area (Å²) in [6.45, 7) is 11.1. The van der Waals surface area contributed by atoms with Crippen molar-refractivity contribution in [3.8, 4) is 0 Å². The SMILES string of the molecule is CCCN1CCCC(C(C)NCc2ncc(CC)o2)C1. The molecule has 2 unspecified atom stereocenters. The molecule has 1 aromatic rings. The third-order valence-corrected chi connectivity index (χ3v) is 4.31. The predicted octanol–water partition coefficient (Wildman–Crippen LogP) is 2.84. The van der Waals surface area contributed by atoms with Crippen LogP contribution in [0.25, 0.3) is 0 Å². The van der Waals surface area contributed by atoms with E-state index in [9.17, 15) is 0 Å². The fourth-order valence-electron chi connectivity index (χ4n) is 3.03. The van der Waals surface area contributed by atoms with Gasteiger partial charge in [0.1, 0.15) is 5.76 Å². The standard InChI is InChI=1S/C16H29N3O/c1-4-8-19-9-6-7-14(12-19)13(3)17-11-16-18-10-15(5-2)20-16/h10,13-14,17H,4-9,11-12H2,1-3H3. The van der Waals surface area contributed by atoms with Crippen LogP contribution in [0.3, 0.4) is 0 Å². The lowest BCUT2D eigenvalue weighted by Crippen LogP contribution is -2.44. The van der Waals surface area contributed by atoms with Gasteiger partial charge >= 0.3 is 0 Å². The van der Waals surface area contributed by atoms with Gasteiger partial charge in [0.05, 0.1) is 12.7 Å². The fraction of sp³-hybridized carbons (Fsp3) is 0.812. The number of piperidine rings is 1. The van der Waals surface area contributed by atoms with Gasteiger partial charge in [0, 0.05) is 19.0 Å². The average Bonchev–Trinajstić information content (AvgIpc) is 2.93. The second kappa shape index (κ2) is 7.79. The zero-order valence-corrected chi connectivity index (χ0v) is 13.2. The molecule has 0 amide bonds. The number of hydrogen-bond acceptors (Lipinski definition) is 4. The van der Waals surface area contributed by atoms with Gasteiger partial charge in [0.25, 0.3) is 0 Å². The minimum Gasteiger partial charge on any atom is -0.444 e. The molecule has 1 aliphatic heterocycles. The van der Waals surface area contributed by atoms with Crippen LogP contribution < -0.4 is 5.32 Å². The molecule has 0 radical (unpaired) electrons. The van der Waals surface area contributed by atoms with Gasteiger partial charge in [-0.05, 0) is 45.2 Å². The molecule has 2 rings (SSSR count). The van der Waals surface area contributed by atoms with Crippen molar-refractivity contribution in [2.24, 2.45) is 5.92 Å². The lowest BCUT2D eigenvalue weighted by atomic mass is 9.91. The Morgan fingerprint density at radius 1 is 1.50 bits per heavy atom.